The standard InChI is InChI=1S/C56H35NO2/c1-3-12-45-39(9-1)11-7-15-46(45)41-21-19-36(20-22-41)37-23-29-43(30-24-37)57(51-16-8-18-54-55(51)49-33-27-40-10-2-4-13-47(40)56(49)59-54)44-31-25-38(26-32-44)42-28-34-53-50(35-42)48-14-5-6-17-52(48)58-53/h1-35H/i25D,26D,31D,32D. The highest BCUT2D eigenvalue weighted by atomic mass is 16.3. The molecule has 0 aliphatic carbocycles. The Morgan fingerprint density at radius 3 is 1.78 bits per heavy atom. The lowest BCUT2D eigenvalue weighted by Gasteiger charge is -2.26. The molecule has 2 heterocycles. The fraction of sp³-hybridized carbons (Fsp3) is 0. The van der Waals surface area contributed by atoms with Gasteiger partial charge in [-0.15, -0.1) is 0 Å². The molecular weight excluding hydrogens is 719 g/mol. The number of hydrogen-bond donors (Lipinski definition) is 0. The van der Waals surface area contributed by atoms with E-state index in [1.807, 2.05) is 102 Å². The number of fused-ring (bicyclic) bond motifs is 9. The molecule has 0 amide bonds. The van der Waals surface area contributed by atoms with E-state index >= 15 is 0 Å². The minimum absolute atomic E-state index is 0.137. The SMILES string of the molecule is [2H]c1c([2H])c(N(c2ccc(-c3ccc(-c4cccc5ccccc45)cc3)cc2)c2cccc3oc4c5ccccc5ccc4c23)c([2H])c([2H])c1-c1ccc2oc3ccccc3c2c1. The summed E-state index contributed by atoms with van der Waals surface area (Å²) in [6.07, 6.45) is 0. The van der Waals surface area contributed by atoms with Crippen molar-refractivity contribution < 1.29 is 14.3 Å². The summed E-state index contributed by atoms with van der Waals surface area (Å²) in [5.41, 5.74) is 9.48. The van der Waals surface area contributed by atoms with Crippen molar-refractivity contribution in [1.29, 1.82) is 0 Å². The van der Waals surface area contributed by atoms with Crippen LogP contribution in [0, 0.1) is 0 Å². The molecule has 0 saturated heterocycles. The summed E-state index contributed by atoms with van der Waals surface area (Å²) in [4.78, 5) is 1.86. The summed E-state index contributed by atoms with van der Waals surface area (Å²) < 4.78 is 51.1. The van der Waals surface area contributed by atoms with Gasteiger partial charge in [0.05, 0.1) is 16.6 Å². The molecule has 0 saturated carbocycles. The number of para-hydroxylation sites is 1. The van der Waals surface area contributed by atoms with Crippen LogP contribution in [0.3, 0.4) is 0 Å². The molecule has 3 heteroatoms. The summed E-state index contributed by atoms with van der Waals surface area (Å²) >= 11 is 0. The Hall–Kier alpha value is -7.88. The van der Waals surface area contributed by atoms with E-state index in [-0.39, 0.29) is 35.4 Å². The average Bonchev–Trinajstić information content (AvgIpc) is 3.91. The van der Waals surface area contributed by atoms with Gasteiger partial charge in [-0.25, -0.2) is 0 Å². The number of rotatable bonds is 6. The predicted octanol–water partition coefficient (Wildman–Crippen LogP) is 16.3. The number of benzene rings is 10. The highest BCUT2D eigenvalue weighted by Crippen LogP contribution is 2.45. The topological polar surface area (TPSA) is 29.5 Å². The van der Waals surface area contributed by atoms with Crippen LogP contribution in [0.4, 0.5) is 17.1 Å². The van der Waals surface area contributed by atoms with Gasteiger partial charge in [-0.05, 0) is 110 Å². The Balaban J connectivity index is 1.02. The normalized spacial score (nSPS) is 12.7. The molecule has 0 fully saturated rings. The second kappa shape index (κ2) is 13.4. The molecule has 0 aliphatic rings. The number of furan rings is 2. The van der Waals surface area contributed by atoms with E-state index in [9.17, 15) is 5.48 Å². The van der Waals surface area contributed by atoms with Gasteiger partial charge in [-0.3, -0.25) is 0 Å². The molecule has 0 unspecified atom stereocenters. The van der Waals surface area contributed by atoms with E-state index < -0.39 is 0 Å². The molecule has 12 aromatic rings. The van der Waals surface area contributed by atoms with Gasteiger partial charge in [0.25, 0.3) is 0 Å². The summed E-state index contributed by atoms with van der Waals surface area (Å²) in [7, 11) is 0. The minimum Gasteiger partial charge on any atom is -0.456 e. The van der Waals surface area contributed by atoms with Crippen molar-refractivity contribution in [3.63, 3.8) is 0 Å². The Bertz CT molecular complexity index is 3760. The Morgan fingerprint density at radius 2 is 0.966 bits per heavy atom. The highest BCUT2D eigenvalue weighted by molar-refractivity contribution is 6.19. The Labute approximate surface area is 346 Å². The van der Waals surface area contributed by atoms with Crippen molar-refractivity contribution in [3.8, 4) is 33.4 Å². The van der Waals surface area contributed by atoms with Gasteiger partial charge >= 0.3 is 0 Å². The van der Waals surface area contributed by atoms with Crippen LogP contribution in [0.5, 0.6) is 0 Å². The van der Waals surface area contributed by atoms with Crippen LogP contribution in [0.15, 0.2) is 221 Å². The first kappa shape index (κ1) is 29.4. The van der Waals surface area contributed by atoms with Crippen LogP contribution in [-0.2, 0) is 0 Å². The fourth-order valence-electron chi connectivity index (χ4n) is 8.68. The van der Waals surface area contributed by atoms with E-state index in [0.29, 0.717) is 28.1 Å². The van der Waals surface area contributed by atoms with Crippen LogP contribution in [0.2, 0.25) is 0 Å². The fourth-order valence-corrected chi connectivity index (χ4v) is 8.68. The average molecular weight is 758 g/mol. The summed E-state index contributed by atoms with van der Waals surface area (Å²) in [6, 6.07) is 62.3. The predicted molar refractivity (Wildman–Crippen MR) is 247 cm³/mol. The van der Waals surface area contributed by atoms with Gasteiger partial charge in [-0.1, -0.05) is 152 Å². The van der Waals surface area contributed by atoms with Gasteiger partial charge in [0, 0.05) is 32.9 Å². The van der Waals surface area contributed by atoms with Gasteiger partial charge in [0.15, 0.2) is 0 Å². The summed E-state index contributed by atoms with van der Waals surface area (Å²) in [6.45, 7) is 0. The van der Waals surface area contributed by atoms with Crippen LogP contribution >= 0.6 is 0 Å². The van der Waals surface area contributed by atoms with Gasteiger partial charge < -0.3 is 13.7 Å². The molecule has 12 rings (SSSR count). The molecule has 0 N–H and O–H groups in total. The molecule has 0 spiro atoms. The minimum atomic E-state index is -0.161. The lowest BCUT2D eigenvalue weighted by Crippen LogP contribution is -2.10. The molecule has 10 aromatic carbocycles. The van der Waals surface area contributed by atoms with Crippen molar-refractivity contribution >= 4 is 82.5 Å². The number of hydrogen-bond acceptors (Lipinski definition) is 3. The van der Waals surface area contributed by atoms with Gasteiger partial charge in [0.2, 0.25) is 0 Å². The maximum Gasteiger partial charge on any atom is 0.143 e. The van der Waals surface area contributed by atoms with Crippen LogP contribution in [0.1, 0.15) is 5.48 Å². The maximum absolute atomic E-state index is 9.70. The number of anilines is 3. The van der Waals surface area contributed by atoms with Gasteiger partial charge in [0.1, 0.15) is 22.3 Å². The summed E-state index contributed by atoms with van der Waals surface area (Å²) in [5.74, 6) is 0. The largest absolute Gasteiger partial charge is 0.456 e. The van der Waals surface area contributed by atoms with E-state index in [1.165, 1.54) is 16.3 Å². The zero-order valence-electron chi connectivity index (χ0n) is 35.7. The second-order valence-corrected chi connectivity index (χ2v) is 14.9. The second-order valence-electron chi connectivity index (χ2n) is 14.9. The first-order valence-electron chi connectivity index (χ1n) is 21.7. The van der Waals surface area contributed by atoms with Crippen molar-refractivity contribution in [1.82, 2.24) is 0 Å². The molecule has 0 radical (unpaired) electrons. The zero-order chi connectivity index (χ0) is 42.3. The van der Waals surface area contributed by atoms with Crippen molar-refractivity contribution in [2.45, 2.75) is 0 Å². The quantitative estimate of drug-likeness (QED) is 0.169. The molecule has 59 heavy (non-hydrogen) atoms. The maximum atomic E-state index is 9.70. The van der Waals surface area contributed by atoms with Crippen LogP contribution < -0.4 is 4.90 Å². The van der Waals surface area contributed by atoms with Crippen molar-refractivity contribution in [3.05, 3.63) is 212 Å². The van der Waals surface area contributed by atoms with Crippen LogP contribution in [0.25, 0.3) is 98.8 Å². The van der Waals surface area contributed by atoms with E-state index in [0.717, 1.165) is 60.2 Å². The third kappa shape index (κ3) is 5.51. The molecule has 0 aliphatic heterocycles. The third-order valence-corrected chi connectivity index (χ3v) is 11.6. The van der Waals surface area contributed by atoms with Crippen molar-refractivity contribution in [2.75, 3.05) is 4.90 Å². The van der Waals surface area contributed by atoms with Gasteiger partial charge in [-0.2, -0.15) is 0 Å². The highest BCUT2D eigenvalue weighted by Gasteiger charge is 2.21. The van der Waals surface area contributed by atoms with E-state index in [4.69, 9.17) is 8.83 Å². The Morgan fingerprint density at radius 1 is 0.356 bits per heavy atom. The van der Waals surface area contributed by atoms with E-state index in [1.54, 1.807) is 0 Å². The summed E-state index contributed by atoms with van der Waals surface area (Å²) in [5, 5.41) is 7.91. The zero-order valence-corrected chi connectivity index (χ0v) is 31.7. The first-order chi connectivity index (χ1) is 30.9. The number of nitrogens with zero attached hydrogens (tertiary/aromatic N) is 1. The van der Waals surface area contributed by atoms with Crippen molar-refractivity contribution in [2.24, 2.45) is 0 Å². The Kier molecular flexibility index (Phi) is 6.65. The monoisotopic (exact) mass is 757 g/mol. The lowest BCUT2D eigenvalue weighted by atomic mass is 9.96. The lowest BCUT2D eigenvalue weighted by molar-refractivity contribution is 0.669. The third-order valence-electron chi connectivity index (χ3n) is 11.6. The first-order valence-corrected chi connectivity index (χ1v) is 19.7. The molecule has 0 bridgehead atoms. The molecule has 2 aromatic heterocycles. The molecular formula is C56H35NO2. The molecule has 0 atom stereocenters. The molecule has 276 valence electrons. The molecule has 3 nitrogen and oxygen atoms in total. The smallest absolute Gasteiger partial charge is 0.143 e. The van der Waals surface area contributed by atoms with Crippen LogP contribution in [-0.4, -0.2) is 0 Å². The van der Waals surface area contributed by atoms with E-state index in [2.05, 4.69) is 91.0 Å².